The second-order valence-electron chi connectivity index (χ2n) is 5.61. The molecule has 0 aliphatic carbocycles. The highest BCUT2D eigenvalue weighted by atomic mass is 16.5. The second-order valence-corrected chi connectivity index (χ2v) is 5.61. The van der Waals surface area contributed by atoms with Crippen molar-refractivity contribution >= 4 is 17.0 Å². The maximum Gasteiger partial charge on any atom is 0.345 e. The van der Waals surface area contributed by atoms with Crippen LogP contribution >= 0.6 is 0 Å². The van der Waals surface area contributed by atoms with E-state index >= 15 is 0 Å². The van der Waals surface area contributed by atoms with Gasteiger partial charge in [-0.1, -0.05) is 0 Å². The van der Waals surface area contributed by atoms with Crippen molar-refractivity contribution in [3.63, 3.8) is 0 Å². The summed E-state index contributed by atoms with van der Waals surface area (Å²) in [6.07, 6.45) is 3.22. The highest BCUT2D eigenvalue weighted by Gasteiger charge is 2.13. The lowest BCUT2D eigenvalue weighted by Gasteiger charge is -2.07. The van der Waals surface area contributed by atoms with E-state index in [0.717, 1.165) is 16.8 Å². The molecule has 3 aromatic rings. The predicted octanol–water partition coefficient (Wildman–Crippen LogP) is 3.63. The van der Waals surface area contributed by atoms with Crippen LogP contribution in [0.25, 0.3) is 11.0 Å². The van der Waals surface area contributed by atoms with Gasteiger partial charge in [0, 0.05) is 17.6 Å². The fraction of sp³-hybridized carbons (Fsp3) is 0.278. The molecule has 0 fully saturated rings. The fourth-order valence-corrected chi connectivity index (χ4v) is 2.37. The molecule has 0 aliphatic heterocycles. The van der Waals surface area contributed by atoms with Crippen LogP contribution in [0.3, 0.4) is 0 Å². The van der Waals surface area contributed by atoms with Crippen molar-refractivity contribution in [1.82, 2.24) is 14.8 Å². The first kappa shape index (κ1) is 16.0. The summed E-state index contributed by atoms with van der Waals surface area (Å²) in [5.74, 6) is 0.744. The lowest BCUT2D eigenvalue weighted by Crippen LogP contribution is -2.09. The van der Waals surface area contributed by atoms with E-state index in [1.165, 1.54) is 6.20 Å². The Kier molecular flexibility index (Phi) is 4.46. The van der Waals surface area contributed by atoms with Gasteiger partial charge in [0.15, 0.2) is 5.65 Å². The minimum atomic E-state index is -0.453. The van der Waals surface area contributed by atoms with Gasteiger partial charge in [-0.05, 0) is 51.1 Å². The zero-order valence-electron chi connectivity index (χ0n) is 13.9. The number of hydrogen-bond donors (Lipinski definition) is 0. The molecule has 0 aliphatic rings. The highest BCUT2D eigenvalue weighted by molar-refractivity contribution is 5.94. The lowest BCUT2D eigenvalue weighted by atomic mass is 10.2. The summed E-state index contributed by atoms with van der Waals surface area (Å²) >= 11 is 0. The third-order valence-corrected chi connectivity index (χ3v) is 3.50. The van der Waals surface area contributed by atoms with Gasteiger partial charge in [0.1, 0.15) is 11.5 Å². The Morgan fingerprint density at radius 3 is 2.54 bits per heavy atom. The average molecular weight is 325 g/mol. The Morgan fingerprint density at radius 1 is 1.17 bits per heavy atom. The molecule has 0 unspecified atom stereocenters. The number of benzene rings is 1. The zero-order chi connectivity index (χ0) is 17.1. The van der Waals surface area contributed by atoms with Crippen molar-refractivity contribution in [3.8, 4) is 11.5 Å². The van der Waals surface area contributed by atoms with Crippen LogP contribution in [0.5, 0.6) is 11.5 Å². The highest BCUT2D eigenvalue weighted by Crippen LogP contribution is 2.20. The van der Waals surface area contributed by atoms with Crippen molar-refractivity contribution in [3.05, 3.63) is 48.3 Å². The largest absolute Gasteiger partial charge is 0.494 e. The molecule has 0 amide bonds. The Morgan fingerprint density at radius 2 is 1.88 bits per heavy atom. The summed E-state index contributed by atoms with van der Waals surface area (Å²) in [6.45, 7) is 6.57. The normalized spacial score (nSPS) is 11.0. The van der Waals surface area contributed by atoms with Gasteiger partial charge in [-0.25, -0.2) is 14.5 Å². The molecule has 0 atom stereocenters. The molecule has 124 valence electrons. The maximum atomic E-state index is 12.3. The summed E-state index contributed by atoms with van der Waals surface area (Å²) in [7, 11) is 0. The Hall–Kier alpha value is -2.89. The summed E-state index contributed by atoms with van der Waals surface area (Å²) in [6, 6.07) is 8.87. The minimum Gasteiger partial charge on any atom is -0.494 e. The molecular weight excluding hydrogens is 306 g/mol. The van der Waals surface area contributed by atoms with Gasteiger partial charge < -0.3 is 9.47 Å². The predicted molar refractivity (Wildman–Crippen MR) is 90.5 cm³/mol. The van der Waals surface area contributed by atoms with Crippen molar-refractivity contribution in [1.29, 1.82) is 0 Å². The van der Waals surface area contributed by atoms with E-state index in [1.54, 1.807) is 36.5 Å². The molecule has 24 heavy (non-hydrogen) atoms. The number of pyridine rings is 1. The second kappa shape index (κ2) is 6.70. The molecule has 3 rings (SSSR count). The first-order chi connectivity index (χ1) is 11.6. The van der Waals surface area contributed by atoms with Gasteiger partial charge >= 0.3 is 5.97 Å². The molecule has 2 heterocycles. The van der Waals surface area contributed by atoms with E-state index < -0.39 is 5.97 Å². The number of aromatic nitrogens is 3. The van der Waals surface area contributed by atoms with Gasteiger partial charge in [-0.15, -0.1) is 0 Å². The van der Waals surface area contributed by atoms with Crippen LogP contribution in [0.2, 0.25) is 0 Å². The summed E-state index contributed by atoms with van der Waals surface area (Å²) in [5, 5.41) is 5.10. The van der Waals surface area contributed by atoms with Crippen molar-refractivity contribution in [2.75, 3.05) is 6.61 Å². The fourth-order valence-electron chi connectivity index (χ4n) is 2.37. The third kappa shape index (κ3) is 3.22. The Bertz CT molecular complexity index is 854. The number of ether oxygens (including phenoxy) is 2. The van der Waals surface area contributed by atoms with E-state index in [9.17, 15) is 4.79 Å². The topological polar surface area (TPSA) is 66.2 Å². The maximum absolute atomic E-state index is 12.3. The quantitative estimate of drug-likeness (QED) is 0.529. The molecule has 0 saturated carbocycles. The summed E-state index contributed by atoms with van der Waals surface area (Å²) in [5.41, 5.74) is 1.14. The van der Waals surface area contributed by atoms with E-state index in [1.807, 2.05) is 25.5 Å². The van der Waals surface area contributed by atoms with E-state index in [0.29, 0.717) is 17.9 Å². The van der Waals surface area contributed by atoms with Gasteiger partial charge in [0.25, 0.3) is 0 Å². The number of carbonyl (C=O) groups is 1. The number of esters is 1. The van der Waals surface area contributed by atoms with Crippen LogP contribution in [-0.2, 0) is 0 Å². The third-order valence-electron chi connectivity index (χ3n) is 3.50. The number of nitrogens with zero attached hydrogens (tertiary/aromatic N) is 3. The number of carbonyl (C=O) groups excluding carboxylic acids is 1. The monoisotopic (exact) mass is 325 g/mol. The Labute approximate surface area is 140 Å². The summed E-state index contributed by atoms with van der Waals surface area (Å²) < 4.78 is 12.6. The average Bonchev–Trinajstić information content (AvgIpc) is 3.00. The van der Waals surface area contributed by atoms with Crippen LogP contribution in [-0.4, -0.2) is 27.3 Å². The van der Waals surface area contributed by atoms with Crippen molar-refractivity contribution < 1.29 is 14.3 Å². The van der Waals surface area contributed by atoms with Gasteiger partial charge in [-0.2, -0.15) is 5.10 Å². The van der Waals surface area contributed by atoms with Crippen LogP contribution in [0.4, 0.5) is 0 Å². The van der Waals surface area contributed by atoms with E-state index in [-0.39, 0.29) is 6.04 Å². The minimum absolute atomic E-state index is 0.205. The molecule has 0 radical (unpaired) electrons. The molecule has 0 spiro atoms. The lowest BCUT2D eigenvalue weighted by molar-refractivity contribution is 0.0734. The van der Waals surface area contributed by atoms with Crippen molar-refractivity contribution in [2.45, 2.75) is 26.8 Å². The molecule has 0 saturated heterocycles. The SMILES string of the molecule is CCOc1ccc(OC(=O)c2cnc3c(cnn3C(C)C)c2)cc1. The zero-order valence-corrected chi connectivity index (χ0v) is 13.9. The molecule has 6 heteroatoms. The molecule has 2 aromatic heterocycles. The Balaban J connectivity index is 1.78. The molecule has 0 N–H and O–H groups in total. The van der Waals surface area contributed by atoms with Crippen molar-refractivity contribution in [2.24, 2.45) is 0 Å². The van der Waals surface area contributed by atoms with Crippen LogP contribution in [0.15, 0.2) is 42.7 Å². The molecular formula is C18H19N3O3. The summed E-state index contributed by atoms with van der Waals surface area (Å²) in [4.78, 5) is 16.6. The van der Waals surface area contributed by atoms with Gasteiger partial charge in [0.2, 0.25) is 0 Å². The number of rotatable bonds is 5. The van der Waals surface area contributed by atoms with Gasteiger partial charge in [-0.3, -0.25) is 0 Å². The number of fused-ring (bicyclic) bond motifs is 1. The molecule has 1 aromatic carbocycles. The van der Waals surface area contributed by atoms with E-state index in [4.69, 9.17) is 9.47 Å². The van der Waals surface area contributed by atoms with Crippen LogP contribution in [0.1, 0.15) is 37.2 Å². The first-order valence-electron chi connectivity index (χ1n) is 7.86. The number of hydrogen-bond acceptors (Lipinski definition) is 5. The first-order valence-corrected chi connectivity index (χ1v) is 7.86. The smallest absolute Gasteiger partial charge is 0.345 e. The van der Waals surface area contributed by atoms with Crippen LogP contribution in [0, 0.1) is 0 Å². The standard InChI is InChI=1S/C18H19N3O3/c1-4-23-15-5-7-16(8-6-15)24-18(22)14-9-13-11-20-21(12(2)3)17(13)19-10-14/h5-12H,4H2,1-3H3. The van der Waals surface area contributed by atoms with Crippen LogP contribution < -0.4 is 9.47 Å². The molecule has 6 nitrogen and oxygen atoms in total. The molecule has 0 bridgehead atoms. The van der Waals surface area contributed by atoms with Gasteiger partial charge in [0.05, 0.1) is 18.4 Å². The van der Waals surface area contributed by atoms with E-state index in [2.05, 4.69) is 10.1 Å².